The number of thioether (sulfide) groups is 1. The van der Waals surface area contributed by atoms with Gasteiger partial charge in [-0.3, -0.25) is 4.98 Å². The largest absolute Gasteiger partial charge is 0.265 e. The fraction of sp³-hybridized carbons (Fsp3) is 0.0556. The van der Waals surface area contributed by atoms with Crippen LogP contribution in [-0.2, 0) is 9.84 Å². The van der Waals surface area contributed by atoms with Gasteiger partial charge in [-0.15, -0.1) is 11.8 Å². The number of benzene rings is 1. The Balaban J connectivity index is 1.98. The summed E-state index contributed by atoms with van der Waals surface area (Å²) in [4.78, 5) is 8.32. The molecular weight excluding hydrogens is 387 g/mol. The molecule has 0 saturated heterocycles. The summed E-state index contributed by atoms with van der Waals surface area (Å²) in [5, 5.41) is 4.62. The number of sulfone groups is 1. The average Bonchev–Trinajstić information content (AvgIpc) is 3.07. The number of nitrogens with zero attached hydrogens (tertiary/aromatic N) is 4. The molecule has 1 aromatic carbocycles. The molecule has 0 bridgehead atoms. The van der Waals surface area contributed by atoms with Crippen molar-refractivity contribution in [2.24, 2.45) is 0 Å². The normalized spacial score (nSPS) is 11.8. The van der Waals surface area contributed by atoms with Crippen molar-refractivity contribution in [1.29, 1.82) is 0 Å². The van der Waals surface area contributed by atoms with Gasteiger partial charge < -0.3 is 0 Å². The predicted molar refractivity (Wildman–Crippen MR) is 99.9 cm³/mol. The first-order valence-electron chi connectivity index (χ1n) is 7.85. The van der Waals surface area contributed by atoms with Crippen LogP contribution in [0.5, 0.6) is 0 Å². The van der Waals surface area contributed by atoms with Gasteiger partial charge in [0.1, 0.15) is 10.8 Å². The lowest BCUT2D eigenvalue weighted by molar-refractivity contribution is 0.589. The summed E-state index contributed by atoms with van der Waals surface area (Å²) in [7, 11) is -4.01. The second-order valence-corrected chi connectivity index (χ2v) is 8.30. The van der Waals surface area contributed by atoms with Crippen LogP contribution in [-0.4, -0.2) is 34.3 Å². The summed E-state index contributed by atoms with van der Waals surface area (Å²) in [6, 6.07) is 10.2. The number of pyridine rings is 1. The number of rotatable bonds is 4. The summed E-state index contributed by atoms with van der Waals surface area (Å²) < 4.78 is 41.4. The summed E-state index contributed by atoms with van der Waals surface area (Å²) in [5.41, 5.74) is 1.58. The molecule has 0 aliphatic heterocycles. The van der Waals surface area contributed by atoms with E-state index in [0.29, 0.717) is 10.7 Å². The molecule has 0 spiro atoms. The van der Waals surface area contributed by atoms with Gasteiger partial charge in [-0.2, -0.15) is 5.10 Å². The van der Waals surface area contributed by atoms with Gasteiger partial charge in [-0.05, 0) is 42.7 Å². The quantitative estimate of drug-likeness (QED) is 0.488. The fourth-order valence-electron chi connectivity index (χ4n) is 2.69. The van der Waals surface area contributed by atoms with Gasteiger partial charge in [0.25, 0.3) is 0 Å². The average molecular weight is 400 g/mol. The maximum absolute atomic E-state index is 13.6. The van der Waals surface area contributed by atoms with Crippen molar-refractivity contribution >= 4 is 27.2 Å². The molecule has 0 unspecified atom stereocenters. The van der Waals surface area contributed by atoms with E-state index >= 15 is 0 Å². The highest BCUT2D eigenvalue weighted by Crippen LogP contribution is 2.33. The van der Waals surface area contributed by atoms with Crippen molar-refractivity contribution in [2.75, 3.05) is 6.26 Å². The van der Waals surface area contributed by atoms with Gasteiger partial charge in [0.15, 0.2) is 10.5 Å². The van der Waals surface area contributed by atoms with E-state index in [0.717, 1.165) is 11.6 Å². The van der Waals surface area contributed by atoms with Crippen molar-refractivity contribution in [3.8, 4) is 11.3 Å². The Hall–Kier alpha value is -2.78. The van der Waals surface area contributed by atoms with Crippen LogP contribution in [0.4, 0.5) is 4.39 Å². The monoisotopic (exact) mass is 400 g/mol. The highest BCUT2D eigenvalue weighted by molar-refractivity contribution is 7.99. The van der Waals surface area contributed by atoms with Crippen LogP contribution >= 0.6 is 11.8 Å². The lowest BCUT2D eigenvalue weighted by Crippen LogP contribution is -2.04. The summed E-state index contributed by atoms with van der Waals surface area (Å²) in [5.74, 6) is -0.622. The molecule has 0 N–H and O–H groups in total. The second kappa shape index (κ2) is 6.75. The molecule has 9 heteroatoms. The SMILES string of the molecule is CSc1nn2ccc(-c3ccncc3)nc2c1S(=O)(=O)c1cccc(F)c1. The van der Waals surface area contributed by atoms with Crippen molar-refractivity contribution in [3.63, 3.8) is 0 Å². The Bertz CT molecular complexity index is 1240. The van der Waals surface area contributed by atoms with E-state index < -0.39 is 15.7 Å². The molecule has 136 valence electrons. The molecule has 0 fully saturated rings. The van der Waals surface area contributed by atoms with Gasteiger partial charge in [-0.1, -0.05) is 6.07 Å². The minimum absolute atomic E-state index is 0.0310. The Morgan fingerprint density at radius 1 is 1.11 bits per heavy atom. The molecule has 0 aliphatic carbocycles. The van der Waals surface area contributed by atoms with Crippen LogP contribution in [0.2, 0.25) is 0 Å². The van der Waals surface area contributed by atoms with Gasteiger partial charge in [0.05, 0.1) is 10.6 Å². The molecule has 0 radical (unpaired) electrons. The van der Waals surface area contributed by atoms with E-state index in [1.165, 1.54) is 34.5 Å². The standard InChI is InChI=1S/C18H13FN4O2S2/c1-26-18-16(27(24,25)14-4-2-3-13(19)11-14)17-21-15(7-10-23(17)22-18)12-5-8-20-9-6-12/h2-11H,1H3. The third kappa shape index (κ3) is 3.08. The van der Waals surface area contributed by atoms with Crippen LogP contribution in [0.3, 0.4) is 0 Å². The van der Waals surface area contributed by atoms with Crippen molar-refractivity contribution < 1.29 is 12.8 Å². The molecular formula is C18H13FN4O2S2. The number of aromatic nitrogens is 4. The molecule has 0 amide bonds. The smallest absolute Gasteiger partial charge is 0.213 e. The van der Waals surface area contributed by atoms with Crippen molar-refractivity contribution in [3.05, 3.63) is 66.9 Å². The molecule has 0 saturated carbocycles. The zero-order chi connectivity index (χ0) is 19.0. The number of hydrogen-bond acceptors (Lipinski definition) is 6. The molecule has 6 nitrogen and oxygen atoms in total. The topological polar surface area (TPSA) is 77.2 Å². The van der Waals surface area contributed by atoms with Gasteiger partial charge >= 0.3 is 0 Å². The zero-order valence-corrected chi connectivity index (χ0v) is 15.7. The van der Waals surface area contributed by atoms with Crippen LogP contribution in [0.1, 0.15) is 0 Å². The summed E-state index contributed by atoms with van der Waals surface area (Å²) in [6.45, 7) is 0. The Morgan fingerprint density at radius 3 is 2.59 bits per heavy atom. The molecule has 27 heavy (non-hydrogen) atoms. The number of fused-ring (bicyclic) bond motifs is 1. The highest BCUT2D eigenvalue weighted by atomic mass is 32.2. The third-order valence-electron chi connectivity index (χ3n) is 3.96. The molecule has 3 heterocycles. The second-order valence-electron chi connectivity index (χ2n) is 5.62. The Kier molecular flexibility index (Phi) is 4.40. The fourth-order valence-corrected chi connectivity index (χ4v) is 5.13. The van der Waals surface area contributed by atoms with E-state index in [1.807, 2.05) is 0 Å². The van der Waals surface area contributed by atoms with Crippen molar-refractivity contribution in [1.82, 2.24) is 19.6 Å². The van der Waals surface area contributed by atoms with Gasteiger partial charge in [0.2, 0.25) is 9.84 Å². The van der Waals surface area contributed by atoms with E-state index in [4.69, 9.17) is 0 Å². The number of hydrogen-bond donors (Lipinski definition) is 0. The number of halogens is 1. The van der Waals surface area contributed by atoms with Gasteiger partial charge in [-0.25, -0.2) is 22.3 Å². The summed E-state index contributed by atoms with van der Waals surface area (Å²) >= 11 is 1.19. The Morgan fingerprint density at radius 2 is 1.89 bits per heavy atom. The first-order valence-corrected chi connectivity index (χ1v) is 10.6. The third-order valence-corrected chi connectivity index (χ3v) is 6.55. The summed E-state index contributed by atoms with van der Waals surface area (Å²) in [6.07, 6.45) is 6.66. The molecule has 0 atom stereocenters. The minimum Gasteiger partial charge on any atom is -0.265 e. The first kappa shape index (κ1) is 17.6. The van der Waals surface area contributed by atoms with E-state index in [1.54, 1.807) is 43.0 Å². The lowest BCUT2D eigenvalue weighted by atomic mass is 10.2. The van der Waals surface area contributed by atoms with E-state index in [2.05, 4.69) is 15.1 Å². The lowest BCUT2D eigenvalue weighted by Gasteiger charge is -2.05. The zero-order valence-electron chi connectivity index (χ0n) is 14.1. The maximum atomic E-state index is 13.6. The molecule has 3 aromatic heterocycles. The van der Waals surface area contributed by atoms with Crippen LogP contribution < -0.4 is 0 Å². The van der Waals surface area contributed by atoms with Crippen LogP contribution in [0.15, 0.2) is 75.9 Å². The predicted octanol–water partition coefficient (Wildman–Crippen LogP) is 3.49. The van der Waals surface area contributed by atoms with Crippen LogP contribution in [0.25, 0.3) is 16.9 Å². The van der Waals surface area contributed by atoms with E-state index in [9.17, 15) is 12.8 Å². The molecule has 4 aromatic rings. The maximum Gasteiger partial charge on any atom is 0.213 e. The molecule has 4 rings (SSSR count). The minimum atomic E-state index is -4.01. The molecule has 0 aliphatic rings. The van der Waals surface area contributed by atoms with Gasteiger partial charge in [0, 0.05) is 24.2 Å². The van der Waals surface area contributed by atoms with Crippen molar-refractivity contribution in [2.45, 2.75) is 14.8 Å². The highest BCUT2D eigenvalue weighted by Gasteiger charge is 2.29. The Labute approximate surface area is 159 Å². The van der Waals surface area contributed by atoms with E-state index in [-0.39, 0.29) is 15.4 Å². The first-order chi connectivity index (χ1) is 13.0. The van der Waals surface area contributed by atoms with Crippen LogP contribution in [0, 0.1) is 5.82 Å².